The number of nitrogens with zero attached hydrogens (tertiary/aromatic N) is 2. The van der Waals surface area contributed by atoms with Gasteiger partial charge >= 0.3 is 0 Å². The van der Waals surface area contributed by atoms with E-state index in [1.807, 2.05) is 18.2 Å². The molecule has 0 radical (unpaired) electrons. The molecule has 0 aliphatic carbocycles. The Hall–Kier alpha value is -3.15. The zero-order valence-electron chi connectivity index (χ0n) is 13.2. The third kappa shape index (κ3) is 3.52. The van der Waals surface area contributed by atoms with Gasteiger partial charge in [0.2, 0.25) is 15.9 Å². The second kappa shape index (κ2) is 6.76. The van der Waals surface area contributed by atoms with Gasteiger partial charge in [0.25, 0.3) is 0 Å². The Labute approximate surface area is 144 Å². The summed E-state index contributed by atoms with van der Waals surface area (Å²) >= 11 is 0. The van der Waals surface area contributed by atoms with Crippen molar-refractivity contribution in [3.8, 4) is 6.07 Å². The van der Waals surface area contributed by atoms with Crippen LogP contribution in [-0.2, 0) is 10.0 Å². The largest absolute Gasteiger partial charge is 0.435 e. The van der Waals surface area contributed by atoms with E-state index in [1.165, 1.54) is 25.4 Å². The van der Waals surface area contributed by atoms with Crippen molar-refractivity contribution in [1.29, 1.82) is 5.26 Å². The van der Waals surface area contributed by atoms with Gasteiger partial charge in [0, 0.05) is 11.9 Å². The SMILES string of the molecule is CNS(=O)(=O)c1ccc(N/C=C(/C#N)c2nc3ccccc3o2)cc1. The van der Waals surface area contributed by atoms with Gasteiger partial charge in [0.1, 0.15) is 17.2 Å². The normalized spacial score (nSPS) is 12.1. The van der Waals surface area contributed by atoms with Crippen molar-refractivity contribution in [2.75, 3.05) is 12.4 Å². The molecule has 1 heterocycles. The van der Waals surface area contributed by atoms with Crippen LogP contribution in [0.15, 0.2) is 64.0 Å². The zero-order valence-corrected chi connectivity index (χ0v) is 14.0. The Morgan fingerprint density at radius 2 is 1.92 bits per heavy atom. The number of benzene rings is 2. The lowest BCUT2D eigenvalue weighted by Crippen LogP contribution is -2.18. The molecule has 0 aliphatic heterocycles. The average Bonchev–Trinajstić information content (AvgIpc) is 3.06. The van der Waals surface area contributed by atoms with Crippen molar-refractivity contribution in [1.82, 2.24) is 9.71 Å². The summed E-state index contributed by atoms with van der Waals surface area (Å²) in [6.07, 6.45) is 1.46. The molecule has 8 heteroatoms. The number of rotatable bonds is 5. The summed E-state index contributed by atoms with van der Waals surface area (Å²) in [5.41, 5.74) is 2.11. The number of allylic oxidation sites excluding steroid dienone is 1. The molecule has 2 aromatic carbocycles. The third-order valence-corrected chi connectivity index (χ3v) is 4.89. The number of hydrogen-bond acceptors (Lipinski definition) is 6. The highest BCUT2D eigenvalue weighted by Crippen LogP contribution is 2.21. The van der Waals surface area contributed by atoms with E-state index in [4.69, 9.17) is 4.42 Å². The molecule has 0 saturated heterocycles. The van der Waals surface area contributed by atoms with Gasteiger partial charge in [-0.05, 0) is 43.4 Å². The lowest BCUT2D eigenvalue weighted by Gasteiger charge is -2.04. The van der Waals surface area contributed by atoms with E-state index in [-0.39, 0.29) is 16.4 Å². The molecule has 0 bridgehead atoms. The summed E-state index contributed by atoms with van der Waals surface area (Å²) in [6.45, 7) is 0. The third-order valence-electron chi connectivity index (χ3n) is 3.46. The van der Waals surface area contributed by atoms with E-state index in [9.17, 15) is 13.7 Å². The number of hydrogen-bond donors (Lipinski definition) is 2. The second-order valence-corrected chi connectivity index (χ2v) is 6.92. The van der Waals surface area contributed by atoms with Crippen LogP contribution in [-0.4, -0.2) is 20.4 Å². The first-order valence-corrected chi connectivity index (χ1v) is 8.78. The Bertz CT molecular complexity index is 1040. The molecule has 0 amide bonds. The minimum Gasteiger partial charge on any atom is -0.435 e. The van der Waals surface area contributed by atoms with Crippen LogP contribution in [0.2, 0.25) is 0 Å². The van der Waals surface area contributed by atoms with E-state index in [0.29, 0.717) is 16.8 Å². The summed E-state index contributed by atoms with van der Waals surface area (Å²) < 4.78 is 31.2. The summed E-state index contributed by atoms with van der Waals surface area (Å²) in [6, 6.07) is 15.4. The van der Waals surface area contributed by atoms with Crippen molar-refractivity contribution in [2.24, 2.45) is 0 Å². The second-order valence-electron chi connectivity index (χ2n) is 5.03. The van der Waals surface area contributed by atoms with Gasteiger partial charge < -0.3 is 9.73 Å². The van der Waals surface area contributed by atoms with Crippen LogP contribution in [0.1, 0.15) is 5.89 Å². The van der Waals surface area contributed by atoms with Crippen molar-refractivity contribution in [3.05, 3.63) is 60.6 Å². The lowest BCUT2D eigenvalue weighted by atomic mass is 10.3. The van der Waals surface area contributed by atoms with Crippen molar-refractivity contribution < 1.29 is 12.8 Å². The number of oxazole rings is 1. The molecule has 0 aliphatic rings. The molecule has 0 fully saturated rings. The minimum atomic E-state index is -3.48. The maximum Gasteiger partial charge on any atom is 0.240 e. The van der Waals surface area contributed by atoms with Crippen LogP contribution in [0.5, 0.6) is 0 Å². The monoisotopic (exact) mass is 354 g/mol. The van der Waals surface area contributed by atoms with Gasteiger partial charge in [-0.2, -0.15) is 5.26 Å². The standard InChI is InChI=1S/C17H14N4O3S/c1-19-25(22,23)14-8-6-13(7-9-14)20-11-12(10-18)17-21-15-4-2-3-5-16(15)24-17/h2-9,11,19-20H,1H3/b12-11-. The van der Waals surface area contributed by atoms with E-state index < -0.39 is 10.0 Å². The minimum absolute atomic E-state index is 0.156. The van der Waals surface area contributed by atoms with Crippen LogP contribution < -0.4 is 10.0 Å². The number of nitrogens with one attached hydrogen (secondary N) is 2. The maximum atomic E-state index is 11.7. The fraction of sp³-hybridized carbons (Fsp3) is 0.0588. The summed E-state index contributed by atoms with van der Waals surface area (Å²) in [7, 11) is -2.13. The van der Waals surface area contributed by atoms with Gasteiger partial charge in [-0.3, -0.25) is 0 Å². The summed E-state index contributed by atoms with van der Waals surface area (Å²) in [5.74, 6) is 0.214. The topological polar surface area (TPSA) is 108 Å². The van der Waals surface area contributed by atoms with E-state index in [0.717, 1.165) is 0 Å². The molecule has 0 saturated carbocycles. The number of fused-ring (bicyclic) bond motifs is 1. The molecule has 25 heavy (non-hydrogen) atoms. The Morgan fingerprint density at radius 3 is 2.56 bits per heavy atom. The molecule has 7 nitrogen and oxygen atoms in total. The molecule has 1 aromatic heterocycles. The molecule has 2 N–H and O–H groups in total. The van der Waals surface area contributed by atoms with Gasteiger partial charge in [0.05, 0.1) is 4.90 Å². The van der Waals surface area contributed by atoms with Gasteiger partial charge in [0.15, 0.2) is 5.58 Å². The number of nitriles is 1. The number of sulfonamides is 1. The molecular formula is C17H14N4O3S. The maximum absolute atomic E-state index is 11.7. The number of anilines is 1. The highest BCUT2D eigenvalue weighted by molar-refractivity contribution is 7.89. The zero-order chi connectivity index (χ0) is 17.9. The first-order chi connectivity index (χ1) is 12.0. The highest BCUT2D eigenvalue weighted by atomic mass is 32.2. The quantitative estimate of drug-likeness (QED) is 0.682. The molecule has 3 aromatic rings. The fourth-order valence-electron chi connectivity index (χ4n) is 2.13. The van der Waals surface area contributed by atoms with Gasteiger partial charge in [-0.15, -0.1) is 0 Å². The smallest absolute Gasteiger partial charge is 0.240 e. The Morgan fingerprint density at radius 1 is 1.20 bits per heavy atom. The molecule has 0 spiro atoms. The van der Waals surface area contributed by atoms with E-state index >= 15 is 0 Å². The lowest BCUT2D eigenvalue weighted by molar-refractivity contribution is 0.586. The van der Waals surface area contributed by atoms with Gasteiger partial charge in [-0.1, -0.05) is 12.1 Å². The first-order valence-electron chi connectivity index (χ1n) is 7.30. The van der Waals surface area contributed by atoms with Crippen LogP contribution in [0.25, 0.3) is 16.7 Å². The number of para-hydroxylation sites is 2. The van der Waals surface area contributed by atoms with Crippen LogP contribution in [0, 0.1) is 11.3 Å². The Kier molecular flexibility index (Phi) is 4.52. The summed E-state index contributed by atoms with van der Waals surface area (Å²) in [5, 5.41) is 12.3. The number of aromatic nitrogens is 1. The molecule has 126 valence electrons. The van der Waals surface area contributed by atoms with E-state index in [1.54, 1.807) is 24.3 Å². The summed E-state index contributed by atoms with van der Waals surface area (Å²) in [4.78, 5) is 4.43. The van der Waals surface area contributed by atoms with Crippen molar-refractivity contribution in [3.63, 3.8) is 0 Å². The van der Waals surface area contributed by atoms with Crippen molar-refractivity contribution >= 4 is 32.4 Å². The predicted molar refractivity (Wildman–Crippen MR) is 93.9 cm³/mol. The van der Waals surface area contributed by atoms with Crippen LogP contribution in [0.3, 0.4) is 0 Å². The molecule has 3 rings (SSSR count). The first kappa shape index (κ1) is 16.7. The fourth-order valence-corrected chi connectivity index (χ4v) is 2.86. The van der Waals surface area contributed by atoms with Crippen LogP contribution in [0.4, 0.5) is 5.69 Å². The Balaban J connectivity index is 1.83. The van der Waals surface area contributed by atoms with Crippen molar-refractivity contribution in [2.45, 2.75) is 4.90 Å². The average molecular weight is 354 g/mol. The van der Waals surface area contributed by atoms with Gasteiger partial charge in [-0.25, -0.2) is 18.1 Å². The van der Waals surface area contributed by atoms with Crippen LogP contribution >= 0.6 is 0 Å². The highest BCUT2D eigenvalue weighted by Gasteiger charge is 2.11. The molecule has 0 atom stereocenters. The molecule has 0 unspecified atom stereocenters. The van der Waals surface area contributed by atoms with E-state index in [2.05, 4.69) is 15.0 Å². The molecular weight excluding hydrogens is 340 g/mol. The predicted octanol–water partition coefficient (Wildman–Crippen LogP) is 2.71.